The predicted molar refractivity (Wildman–Crippen MR) is 56.5 cm³/mol. The van der Waals surface area contributed by atoms with Gasteiger partial charge >= 0.3 is 0 Å². The van der Waals surface area contributed by atoms with Gasteiger partial charge in [0.2, 0.25) is 0 Å². The molecule has 5 nitrogen and oxygen atoms in total. The van der Waals surface area contributed by atoms with Crippen LogP contribution in [-0.2, 0) is 0 Å². The van der Waals surface area contributed by atoms with Crippen LogP contribution in [0, 0.1) is 5.82 Å². The first-order valence-electron chi connectivity index (χ1n) is 4.49. The van der Waals surface area contributed by atoms with Gasteiger partial charge in [-0.2, -0.15) is 5.10 Å². The number of rotatable bonds is 2. The molecule has 1 amide bonds. The maximum Gasteiger partial charge on any atom is 0.250 e. The number of nitrogen functional groups attached to an aromatic ring is 1. The van der Waals surface area contributed by atoms with Gasteiger partial charge in [0.1, 0.15) is 11.6 Å². The van der Waals surface area contributed by atoms with Crippen LogP contribution in [0.4, 0.5) is 10.2 Å². The number of nitrogens with zero attached hydrogens (tertiary/aromatic N) is 2. The normalized spacial score (nSPS) is 10.3. The van der Waals surface area contributed by atoms with E-state index in [1.807, 2.05) is 0 Å². The van der Waals surface area contributed by atoms with Crippen LogP contribution < -0.4 is 11.5 Å². The second-order valence-corrected chi connectivity index (χ2v) is 3.21. The fourth-order valence-corrected chi connectivity index (χ4v) is 1.38. The van der Waals surface area contributed by atoms with Gasteiger partial charge in [-0.25, -0.2) is 9.07 Å². The van der Waals surface area contributed by atoms with E-state index in [-0.39, 0.29) is 5.56 Å². The number of hydrogen-bond donors (Lipinski definition) is 2. The van der Waals surface area contributed by atoms with Crippen molar-refractivity contribution in [1.82, 2.24) is 9.78 Å². The maximum atomic E-state index is 13.0. The maximum absolute atomic E-state index is 13.0. The summed E-state index contributed by atoms with van der Waals surface area (Å²) in [6.07, 6.45) is 1.56. The molecule has 4 N–H and O–H groups in total. The van der Waals surface area contributed by atoms with Crippen molar-refractivity contribution in [3.63, 3.8) is 0 Å². The first-order valence-corrected chi connectivity index (χ1v) is 4.49. The van der Waals surface area contributed by atoms with Crippen molar-refractivity contribution in [2.75, 3.05) is 5.73 Å². The Bertz CT molecular complexity index is 550. The Morgan fingerprint density at radius 1 is 1.38 bits per heavy atom. The van der Waals surface area contributed by atoms with E-state index in [0.29, 0.717) is 11.5 Å². The van der Waals surface area contributed by atoms with E-state index in [1.165, 1.54) is 16.8 Å². The molecule has 6 heteroatoms. The van der Waals surface area contributed by atoms with Crippen LogP contribution in [0.5, 0.6) is 0 Å². The molecule has 0 unspecified atom stereocenters. The van der Waals surface area contributed by atoms with E-state index < -0.39 is 11.7 Å². The summed E-state index contributed by atoms with van der Waals surface area (Å²) >= 11 is 0. The molecule has 0 fully saturated rings. The van der Waals surface area contributed by atoms with Crippen molar-refractivity contribution in [3.05, 3.63) is 41.8 Å². The Morgan fingerprint density at radius 3 is 2.69 bits per heavy atom. The number of primary amides is 1. The Morgan fingerprint density at radius 2 is 2.12 bits per heavy atom. The summed E-state index contributed by atoms with van der Waals surface area (Å²) in [4.78, 5) is 11.1. The first kappa shape index (κ1) is 10.2. The molecule has 2 rings (SSSR count). The minimum absolute atomic E-state index is 0.0584. The van der Waals surface area contributed by atoms with Crippen LogP contribution >= 0.6 is 0 Å². The number of halogens is 1. The minimum Gasteiger partial charge on any atom is -0.382 e. The predicted octanol–water partition coefficient (Wildman–Crippen LogP) is 0.693. The second-order valence-electron chi connectivity index (χ2n) is 3.21. The van der Waals surface area contributed by atoms with Gasteiger partial charge in [-0.1, -0.05) is 0 Å². The van der Waals surface area contributed by atoms with Crippen molar-refractivity contribution >= 4 is 11.7 Å². The number of aromatic nitrogens is 2. The van der Waals surface area contributed by atoms with Crippen LogP contribution in [-0.4, -0.2) is 15.7 Å². The van der Waals surface area contributed by atoms with Gasteiger partial charge in [-0.05, 0) is 18.2 Å². The lowest BCUT2D eigenvalue weighted by molar-refractivity contribution is 0.0999. The SMILES string of the molecule is NC(=O)c1cc(F)ccc1-n1ccc(N)n1. The Hall–Kier alpha value is -2.37. The molecule has 2 aromatic rings. The van der Waals surface area contributed by atoms with Crippen LogP contribution in [0.1, 0.15) is 10.4 Å². The molecule has 0 bridgehead atoms. The van der Waals surface area contributed by atoms with Crippen LogP contribution in [0.2, 0.25) is 0 Å². The van der Waals surface area contributed by atoms with Gasteiger partial charge in [0.25, 0.3) is 5.91 Å². The molecule has 0 aliphatic carbocycles. The van der Waals surface area contributed by atoms with Gasteiger partial charge < -0.3 is 11.5 Å². The van der Waals surface area contributed by atoms with Gasteiger partial charge in [-0.3, -0.25) is 4.79 Å². The number of benzene rings is 1. The fourth-order valence-electron chi connectivity index (χ4n) is 1.38. The lowest BCUT2D eigenvalue weighted by Gasteiger charge is -2.06. The summed E-state index contributed by atoms with van der Waals surface area (Å²) < 4.78 is 14.3. The minimum atomic E-state index is -0.719. The Kier molecular flexibility index (Phi) is 2.32. The largest absolute Gasteiger partial charge is 0.382 e. The standard InChI is InChI=1S/C10H9FN4O/c11-6-1-2-8(7(5-6)10(13)16)15-4-3-9(12)14-15/h1-5H,(H2,12,14)(H2,13,16). The first-order chi connectivity index (χ1) is 7.58. The molecule has 16 heavy (non-hydrogen) atoms. The third-order valence-electron chi connectivity index (χ3n) is 2.08. The average molecular weight is 220 g/mol. The van der Waals surface area contributed by atoms with E-state index in [1.54, 1.807) is 12.3 Å². The molecule has 1 aromatic carbocycles. The highest BCUT2D eigenvalue weighted by molar-refractivity contribution is 5.96. The van der Waals surface area contributed by atoms with Crippen LogP contribution in [0.15, 0.2) is 30.5 Å². The molecule has 0 radical (unpaired) electrons. The van der Waals surface area contributed by atoms with E-state index in [2.05, 4.69) is 5.10 Å². The molecular weight excluding hydrogens is 211 g/mol. The highest BCUT2D eigenvalue weighted by atomic mass is 19.1. The highest BCUT2D eigenvalue weighted by Crippen LogP contribution is 2.15. The monoisotopic (exact) mass is 220 g/mol. The average Bonchev–Trinajstić information content (AvgIpc) is 2.64. The van der Waals surface area contributed by atoms with Crippen molar-refractivity contribution in [3.8, 4) is 5.69 Å². The number of carbonyl (C=O) groups excluding carboxylic acids is 1. The highest BCUT2D eigenvalue weighted by Gasteiger charge is 2.11. The van der Waals surface area contributed by atoms with Gasteiger partial charge in [-0.15, -0.1) is 0 Å². The van der Waals surface area contributed by atoms with Gasteiger partial charge in [0.05, 0.1) is 11.3 Å². The van der Waals surface area contributed by atoms with Crippen molar-refractivity contribution in [2.24, 2.45) is 5.73 Å². The van der Waals surface area contributed by atoms with Gasteiger partial charge in [0, 0.05) is 12.3 Å². The number of hydrogen-bond acceptors (Lipinski definition) is 3. The summed E-state index contributed by atoms with van der Waals surface area (Å²) in [5, 5.41) is 3.92. The summed E-state index contributed by atoms with van der Waals surface area (Å²) in [7, 11) is 0. The molecule has 1 heterocycles. The summed E-state index contributed by atoms with van der Waals surface area (Å²) in [5.41, 5.74) is 11.1. The lowest BCUT2D eigenvalue weighted by atomic mass is 10.1. The smallest absolute Gasteiger partial charge is 0.250 e. The van der Waals surface area contributed by atoms with E-state index in [4.69, 9.17) is 11.5 Å². The topological polar surface area (TPSA) is 86.9 Å². The van der Waals surface area contributed by atoms with Gasteiger partial charge in [0.15, 0.2) is 0 Å². The zero-order valence-electron chi connectivity index (χ0n) is 8.22. The molecule has 82 valence electrons. The molecule has 0 atom stereocenters. The van der Waals surface area contributed by atoms with E-state index in [9.17, 15) is 9.18 Å². The van der Waals surface area contributed by atoms with E-state index in [0.717, 1.165) is 6.07 Å². The lowest BCUT2D eigenvalue weighted by Crippen LogP contribution is -2.15. The third kappa shape index (κ3) is 1.72. The number of nitrogens with two attached hydrogens (primary N) is 2. The third-order valence-corrected chi connectivity index (χ3v) is 2.08. The zero-order chi connectivity index (χ0) is 11.7. The molecule has 0 saturated carbocycles. The molecule has 0 saturated heterocycles. The molecule has 0 aliphatic heterocycles. The number of anilines is 1. The van der Waals surface area contributed by atoms with Crippen molar-refractivity contribution in [1.29, 1.82) is 0 Å². The number of carbonyl (C=O) groups is 1. The second kappa shape index (κ2) is 3.65. The molecule has 0 spiro atoms. The fraction of sp³-hybridized carbons (Fsp3) is 0. The Labute approximate surface area is 90.5 Å². The van der Waals surface area contributed by atoms with Crippen LogP contribution in [0.25, 0.3) is 5.69 Å². The van der Waals surface area contributed by atoms with Crippen molar-refractivity contribution < 1.29 is 9.18 Å². The van der Waals surface area contributed by atoms with E-state index >= 15 is 0 Å². The number of amides is 1. The van der Waals surface area contributed by atoms with Crippen molar-refractivity contribution in [2.45, 2.75) is 0 Å². The van der Waals surface area contributed by atoms with Crippen LogP contribution in [0.3, 0.4) is 0 Å². The summed E-state index contributed by atoms with van der Waals surface area (Å²) in [5.74, 6) is -0.944. The quantitative estimate of drug-likeness (QED) is 0.780. The molecule has 1 aromatic heterocycles. The Balaban J connectivity index is 2.60. The summed E-state index contributed by atoms with van der Waals surface area (Å²) in [6, 6.07) is 5.27. The zero-order valence-corrected chi connectivity index (χ0v) is 8.22. The molecule has 0 aliphatic rings. The summed E-state index contributed by atoms with van der Waals surface area (Å²) in [6.45, 7) is 0. The molecular formula is C10H9FN4O.